The molecule has 0 saturated heterocycles. The van der Waals surface area contributed by atoms with Gasteiger partial charge in [-0.25, -0.2) is 4.98 Å². The van der Waals surface area contributed by atoms with Gasteiger partial charge < -0.3 is 0 Å². The number of aromatic nitrogens is 2. The van der Waals surface area contributed by atoms with Crippen LogP contribution < -0.4 is 0 Å². The number of pyridine rings is 1. The Hall–Kier alpha value is -1.02. The van der Waals surface area contributed by atoms with Gasteiger partial charge in [-0.1, -0.05) is 17.7 Å². The second-order valence-electron chi connectivity index (χ2n) is 2.01. The van der Waals surface area contributed by atoms with Gasteiger partial charge in [0, 0.05) is 6.20 Å². The van der Waals surface area contributed by atoms with Crippen molar-refractivity contribution in [2.75, 3.05) is 0 Å². The normalized spacial score (nSPS) is 10.5. The first-order valence-corrected chi connectivity index (χ1v) is 3.33. The van der Waals surface area contributed by atoms with Crippen molar-refractivity contribution in [2.24, 2.45) is 0 Å². The number of nitrogens with zero attached hydrogens (tertiary/aromatic N) is 2. The van der Waals surface area contributed by atoms with E-state index in [1.165, 1.54) is 0 Å². The molecule has 0 radical (unpaired) electrons. The van der Waals surface area contributed by atoms with Crippen LogP contribution in [0.2, 0.25) is 5.15 Å². The summed E-state index contributed by atoms with van der Waals surface area (Å²) in [5.41, 5.74) is 0.882. The van der Waals surface area contributed by atoms with Crippen molar-refractivity contribution >= 4 is 17.2 Å². The van der Waals surface area contributed by atoms with E-state index in [1.54, 1.807) is 6.20 Å². The predicted molar refractivity (Wildman–Crippen MR) is 40.2 cm³/mol. The summed E-state index contributed by atoms with van der Waals surface area (Å²) in [6.45, 7) is 0. The van der Waals surface area contributed by atoms with Gasteiger partial charge in [0.15, 0.2) is 0 Å². The Labute approximate surface area is 63.1 Å². The van der Waals surface area contributed by atoms with Crippen LogP contribution in [0, 0.1) is 0 Å². The van der Waals surface area contributed by atoms with Crippen molar-refractivity contribution in [2.45, 2.75) is 0 Å². The summed E-state index contributed by atoms with van der Waals surface area (Å²) in [6.07, 6.45) is 3.52. The van der Waals surface area contributed by atoms with Crippen LogP contribution >= 0.6 is 11.6 Å². The fourth-order valence-corrected chi connectivity index (χ4v) is 1.09. The van der Waals surface area contributed by atoms with Gasteiger partial charge in [0.2, 0.25) is 0 Å². The Bertz CT molecular complexity index is 353. The van der Waals surface area contributed by atoms with Crippen molar-refractivity contribution in [1.29, 1.82) is 0 Å². The molecule has 0 spiro atoms. The van der Waals surface area contributed by atoms with Crippen molar-refractivity contribution in [1.82, 2.24) is 9.38 Å². The van der Waals surface area contributed by atoms with E-state index in [2.05, 4.69) is 4.98 Å². The lowest BCUT2D eigenvalue weighted by Crippen LogP contribution is -1.80. The van der Waals surface area contributed by atoms with Gasteiger partial charge in [0.1, 0.15) is 10.8 Å². The molecule has 0 amide bonds. The number of rotatable bonds is 0. The molecule has 0 N–H and O–H groups in total. The SMILES string of the molecule is Clc1cnc2ccccn12. The second-order valence-corrected chi connectivity index (χ2v) is 2.40. The monoisotopic (exact) mass is 152 g/mol. The van der Waals surface area contributed by atoms with E-state index in [-0.39, 0.29) is 0 Å². The zero-order valence-electron chi connectivity index (χ0n) is 5.16. The fraction of sp³-hybridized carbons (Fsp3) is 0. The molecule has 3 heteroatoms. The standard InChI is InChI=1S/C7H5ClN2/c8-6-5-9-7-3-1-2-4-10(6)7/h1-5H. The molecule has 2 heterocycles. The molecule has 0 aliphatic heterocycles. The van der Waals surface area contributed by atoms with Crippen LogP contribution in [0.1, 0.15) is 0 Å². The first-order chi connectivity index (χ1) is 4.88. The molecular formula is C7H5ClN2. The Balaban J connectivity index is 2.93. The van der Waals surface area contributed by atoms with Crippen molar-refractivity contribution in [3.63, 3.8) is 0 Å². The predicted octanol–water partition coefficient (Wildman–Crippen LogP) is 1.99. The number of fused-ring (bicyclic) bond motifs is 1. The number of imidazole rings is 1. The first-order valence-electron chi connectivity index (χ1n) is 2.95. The van der Waals surface area contributed by atoms with E-state index >= 15 is 0 Å². The van der Waals surface area contributed by atoms with Crippen molar-refractivity contribution < 1.29 is 0 Å². The van der Waals surface area contributed by atoms with E-state index < -0.39 is 0 Å². The summed E-state index contributed by atoms with van der Waals surface area (Å²) in [5.74, 6) is 0. The molecule has 2 aromatic heterocycles. The maximum atomic E-state index is 5.77. The minimum absolute atomic E-state index is 0.649. The zero-order chi connectivity index (χ0) is 6.97. The average molecular weight is 153 g/mol. The summed E-state index contributed by atoms with van der Waals surface area (Å²) in [7, 11) is 0. The third kappa shape index (κ3) is 0.693. The Morgan fingerprint density at radius 3 is 3.10 bits per heavy atom. The van der Waals surface area contributed by atoms with Crippen LogP contribution in [0.25, 0.3) is 5.65 Å². The molecule has 0 aliphatic carbocycles. The molecule has 0 fully saturated rings. The van der Waals surface area contributed by atoms with Crippen LogP contribution in [0.5, 0.6) is 0 Å². The molecule has 0 atom stereocenters. The van der Waals surface area contributed by atoms with E-state index in [9.17, 15) is 0 Å². The van der Waals surface area contributed by atoms with Gasteiger partial charge in [-0.2, -0.15) is 0 Å². The van der Waals surface area contributed by atoms with Gasteiger partial charge in [-0.15, -0.1) is 0 Å². The molecule has 50 valence electrons. The fourth-order valence-electron chi connectivity index (χ4n) is 0.902. The highest BCUT2D eigenvalue weighted by molar-refractivity contribution is 6.29. The maximum Gasteiger partial charge on any atom is 0.137 e. The van der Waals surface area contributed by atoms with Crippen molar-refractivity contribution in [3.8, 4) is 0 Å². The molecule has 2 rings (SSSR count). The molecule has 0 saturated carbocycles. The number of hydrogen-bond donors (Lipinski definition) is 0. The van der Waals surface area contributed by atoms with Gasteiger partial charge in [0.25, 0.3) is 0 Å². The quantitative estimate of drug-likeness (QED) is 0.564. The molecule has 0 unspecified atom stereocenters. The molecule has 2 aromatic rings. The lowest BCUT2D eigenvalue weighted by atomic mass is 10.5. The van der Waals surface area contributed by atoms with Gasteiger partial charge in [-0.05, 0) is 12.1 Å². The van der Waals surface area contributed by atoms with Gasteiger partial charge in [-0.3, -0.25) is 4.40 Å². The minimum atomic E-state index is 0.649. The Kier molecular flexibility index (Phi) is 1.14. The number of halogens is 1. The van der Waals surface area contributed by atoms with Gasteiger partial charge >= 0.3 is 0 Å². The van der Waals surface area contributed by atoms with E-state index in [4.69, 9.17) is 11.6 Å². The maximum absolute atomic E-state index is 5.77. The van der Waals surface area contributed by atoms with Gasteiger partial charge in [0.05, 0.1) is 6.20 Å². The lowest BCUT2D eigenvalue weighted by Gasteiger charge is -1.90. The molecule has 0 aromatic carbocycles. The largest absolute Gasteiger partial charge is 0.291 e. The van der Waals surface area contributed by atoms with Crippen LogP contribution in [0.4, 0.5) is 0 Å². The highest BCUT2D eigenvalue weighted by Gasteiger charge is 1.95. The van der Waals surface area contributed by atoms with E-state index in [0.717, 1.165) is 5.65 Å². The molecule has 10 heavy (non-hydrogen) atoms. The van der Waals surface area contributed by atoms with Crippen LogP contribution in [-0.4, -0.2) is 9.38 Å². The Morgan fingerprint density at radius 1 is 1.40 bits per heavy atom. The summed E-state index contributed by atoms with van der Waals surface area (Å²) >= 11 is 5.77. The summed E-state index contributed by atoms with van der Waals surface area (Å²) in [4.78, 5) is 4.05. The summed E-state index contributed by atoms with van der Waals surface area (Å²) in [5, 5.41) is 0.649. The third-order valence-electron chi connectivity index (χ3n) is 1.37. The average Bonchev–Trinajstić information content (AvgIpc) is 2.34. The smallest absolute Gasteiger partial charge is 0.137 e. The summed E-state index contributed by atoms with van der Waals surface area (Å²) in [6, 6.07) is 5.76. The third-order valence-corrected chi connectivity index (χ3v) is 1.65. The lowest BCUT2D eigenvalue weighted by molar-refractivity contribution is 1.19. The molecule has 0 bridgehead atoms. The first kappa shape index (κ1) is 5.74. The number of hydrogen-bond acceptors (Lipinski definition) is 1. The Morgan fingerprint density at radius 2 is 2.30 bits per heavy atom. The molecule has 2 nitrogen and oxygen atoms in total. The molecular weight excluding hydrogens is 148 g/mol. The highest BCUT2D eigenvalue weighted by Crippen LogP contribution is 2.09. The molecule has 0 aliphatic rings. The van der Waals surface area contributed by atoms with Crippen LogP contribution in [-0.2, 0) is 0 Å². The van der Waals surface area contributed by atoms with E-state index in [1.807, 2.05) is 28.8 Å². The van der Waals surface area contributed by atoms with Crippen LogP contribution in [0.3, 0.4) is 0 Å². The van der Waals surface area contributed by atoms with Crippen molar-refractivity contribution in [3.05, 3.63) is 35.7 Å². The topological polar surface area (TPSA) is 17.3 Å². The second kappa shape index (κ2) is 1.99. The minimum Gasteiger partial charge on any atom is -0.291 e. The summed E-state index contributed by atoms with van der Waals surface area (Å²) < 4.78 is 1.82. The van der Waals surface area contributed by atoms with E-state index in [0.29, 0.717) is 5.15 Å². The van der Waals surface area contributed by atoms with Crippen LogP contribution in [0.15, 0.2) is 30.6 Å². The zero-order valence-corrected chi connectivity index (χ0v) is 5.92. The highest BCUT2D eigenvalue weighted by atomic mass is 35.5.